The van der Waals surface area contributed by atoms with Gasteiger partial charge in [-0.2, -0.15) is 0 Å². The number of hydrogen-bond acceptors (Lipinski definition) is 3. The molecule has 2 rings (SSSR count). The largest absolute Gasteiger partial charge is 0.387 e. The molecular formula is C14H20Cl2N2O. The third kappa shape index (κ3) is 4.33. The highest BCUT2D eigenvalue weighted by Gasteiger charge is 2.18. The summed E-state index contributed by atoms with van der Waals surface area (Å²) in [6.45, 7) is 2.71. The fourth-order valence-corrected chi connectivity index (χ4v) is 2.79. The zero-order chi connectivity index (χ0) is 13.8. The maximum Gasteiger partial charge on any atom is 0.0929 e. The van der Waals surface area contributed by atoms with E-state index in [9.17, 15) is 5.11 Å². The second kappa shape index (κ2) is 6.91. The Bertz CT molecular complexity index is 420. The Kier molecular flexibility index (Phi) is 5.48. The highest BCUT2D eigenvalue weighted by atomic mass is 35.5. The van der Waals surface area contributed by atoms with E-state index < -0.39 is 6.10 Å². The molecule has 1 unspecified atom stereocenters. The summed E-state index contributed by atoms with van der Waals surface area (Å²) in [6.07, 6.45) is 1.62. The van der Waals surface area contributed by atoms with Crippen molar-refractivity contribution in [2.24, 2.45) is 0 Å². The van der Waals surface area contributed by atoms with E-state index in [4.69, 9.17) is 23.2 Å². The third-order valence-corrected chi connectivity index (χ3v) is 4.21. The monoisotopic (exact) mass is 302 g/mol. The Balaban J connectivity index is 1.87. The van der Waals surface area contributed by atoms with Crippen LogP contribution in [0.3, 0.4) is 0 Å². The standard InChI is InChI=1S/C14H20Cl2N2O/c1-18-6-4-11(5-7-18)17-9-14(19)12-8-10(15)2-3-13(12)16/h2-3,8,11,14,17,19H,4-7,9H2,1H3. The highest BCUT2D eigenvalue weighted by Crippen LogP contribution is 2.26. The number of hydrogen-bond donors (Lipinski definition) is 2. The third-order valence-electron chi connectivity index (χ3n) is 3.64. The van der Waals surface area contributed by atoms with Crippen LogP contribution in [0.2, 0.25) is 10.0 Å². The highest BCUT2D eigenvalue weighted by molar-refractivity contribution is 6.33. The first-order valence-electron chi connectivity index (χ1n) is 6.61. The SMILES string of the molecule is CN1CCC(NCC(O)c2cc(Cl)ccc2Cl)CC1. The minimum absolute atomic E-state index is 0.476. The normalized spacial score (nSPS) is 19.6. The quantitative estimate of drug-likeness (QED) is 0.898. The topological polar surface area (TPSA) is 35.5 Å². The van der Waals surface area contributed by atoms with Gasteiger partial charge in [-0.1, -0.05) is 23.2 Å². The number of nitrogens with one attached hydrogen (secondary N) is 1. The average Bonchev–Trinajstić information content (AvgIpc) is 2.40. The van der Waals surface area contributed by atoms with Gasteiger partial charge in [0, 0.05) is 28.2 Å². The Morgan fingerprint density at radius 1 is 1.37 bits per heavy atom. The minimum atomic E-state index is -0.620. The molecule has 5 heteroatoms. The zero-order valence-electron chi connectivity index (χ0n) is 11.1. The number of nitrogens with zero attached hydrogens (tertiary/aromatic N) is 1. The van der Waals surface area contributed by atoms with E-state index in [2.05, 4.69) is 17.3 Å². The van der Waals surface area contributed by atoms with Crippen LogP contribution in [0.4, 0.5) is 0 Å². The summed E-state index contributed by atoms with van der Waals surface area (Å²) >= 11 is 12.0. The maximum absolute atomic E-state index is 10.2. The molecule has 0 aliphatic carbocycles. The van der Waals surface area contributed by atoms with Crippen molar-refractivity contribution in [1.82, 2.24) is 10.2 Å². The number of piperidine rings is 1. The molecule has 0 spiro atoms. The van der Waals surface area contributed by atoms with Gasteiger partial charge in [0.25, 0.3) is 0 Å². The first kappa shape index (κ1) is 15.1. The predicted octanol–water partition coefficient (Wildman–Crippen LogP) is 2.71. The second-order valence-electron chi connectivity index (χ2n) is 5.17. The molecule has 1 fully saturated rings. The van der Waals surface area contributed by atoms with Gasteiger partial charge in [0.05, 0.1) is 6.10 Å². The molecule has 0 saturated carbocycles. The molecule has 0 radical (unpaired) electrons. The average molecular weight is 303 g/mol. The summed E-state index contributed by atoms with van der Waals surface area (Å²) in [7, 11) is 2.14. The van der Waals surface area contributed by atoms with Crippen molar-refractivity contribution in [3.8, 4) is 0 Å². The van der Waals surface area contributed by atoms with Gasteiger partial charge in [0.2, 0.25) is 0 Å². The molecule has 3 nitrogen and oxygen atoms in total. The van der Waals surface area contributed by atoms with Crippen LogP contribution in [0.25, 0.3) is 0 Å². The molecule has 0 amide bonds. The molecular weight excluding hydrogens is 283 g/mol. The van der Waals surface area contributed by atoms with Gasteiger partial charge in [0.1, 0.15) is 0 Å². The van der Waals surface area contributed by atoms with E-state index in [1.165, 1.54) is 0 Å². The lowest BCUT2D eigenvalue weighted by Crippen LogP contribution is -2.42. The van der Waals surface area contributed by atoms with Gasteiger partial charge in [-0.15, -0.1) is 0 Å². The number of aliphatic hydroxyl groups excluding tert-OH is 1. The zero-order valence-corrected chi connectivity index (χ0v) is 12.6. The first-order valence-corrected chi connectivity index (χ1v) is 7.37. The summed E-state index contributed by atoms with van der Waals surface area (Å²) in [4.78, 5) is 2.32. The van der Waals surface area contributed by atoms with Crippen molar-refractivity contribution in [3.05, 3.63) is 33.8 Å². The summed E-state index contributed by atoms with van der Waals surface area (Å²) in [5, 5.41) is 14.8. The molecule has 0 aromatic heterocycles. The van der Waals surface area contributed by atoms with Gasteiger partial charge in [-0.25, -0.2) is 0 Å². The van der Waals surface area contributed by atoms with E-state index in [1.807, 2.05) is 0 Å². The fraction of sp³-hybridized carbons (Fsp3) is 0.571. The Hall–Kier alpha value is -0.320. The first-order chi connectivity index (χ1) is 9.06. The van der Waals surface area contributed by atoms with Crippen LogP contribution in [-0.4, -0.2) is 42.7 Å². The summed E-state index contributed by atoms with van der Waals surface area (Å²) in [6, 6.07) is 5.65. The smallest absolute Gasteiger partial charge is 0.0929 e. The molecule has 106 valence electrons. The Morgan fingerprint density at radius 2 is 2.05 bits per heavy atom. The summed E-state index contributed by atoms with van der Waals surface area (Å²) in [5.41, 5.74) is 0.689. The van der Waals surface area contributed by atoms with E-state index >= 15 is 0 Å². The molecule has 1 aromatic carbocycles. The van der Waals surface area contributed by atoms with Crippen molar-refractivity contribution in [2.45, 2.75) is 25.0 Å². The van der Waals surface area contributed by atoms with Crippen molar-refractivity contribution >= 4 is 23.2 Å². The lowest BCUT2D eigenvalue weighted by Gasteiger charge is -2.30. The molecule has 1 heterocycles. The van der Waals surface area contributed by atoms with Gasteiger partial charge in [-0.05, 0) is 51.2 Å². The van der Waals surface area contributed by atoms with Crippen LogP contribution < -0.4 is 5.32 Å². The lowest BCUT2D eigenvalue weighted by molar-refractivity contribution is 0.158. The molecule has 2 N–H and O–H groups in total. The number of likely N-dealkylation sites (tertiary alicyclic amines) is 1. The molecule has 1 aliphatic heterocycles. The van der Waals surface area contributed by atoms with Crippen LogP contribution in [-0.2, 0) is 0 Å². The van der Waals surface area contributed by atoms with Gasteiger partial charge in [-0.3, -0.25) is 0 Å². The van der Waals surface area contributed by atoms with Gasteiger partial charge in [0.15, 0.2) is 0 Å². The number of halogens is 2. The molecule has 1 atom stereocenters. The van der Waals surface area contributed by atoms with E-state index in [0.29, 0.717) is 28.2 Å². The van der Waals surface area contributed by atoms with E-state index in [1.54, 1.807) is 18.2 Å². The molecule has 19 heavy (non-hydrogen) atoms. The minimum Gasteiger partial charge on any atom is -0.387 e. The molecule has 0 bridgehead atoms. The van der Waals surface area contributed by atoms with Crippen LogP contribution in [0, 0.1) is 0 Å². The Labute approximate surface area is 124 Å². The molecule has 1 aromatic rings. The van der Waals surface area contributed by atoms with Crippen LogP contribution in [0.5, 0.6) is 0 Å². The van der Waals surface area contributed by atoms with Gasteiger partial charge >= 0.3 is 0 Å². The van der Waals surface area contributed by atoms with Crippen molar-refractivity contribution in [2.75, 3.05) is 26.7 Å². The van der Waals surface area contributed by atoms with E-state index in [-0.39, 0.29) is 0 Å². The van der Waals surface area contributed by atoms with Crippen molar-refractivity contribution in [1.29, 1.82) is 0 Å². The summed E-state index contributed by atoms with van der Waals surface area (Å²) in [5.74, 6) is 0. The van der Waals surface area contributed by atoms with Gasteiger partial charge < -0.3 is 15.3 Å². The van der Waals surface area contributed by atoms with E-state index in [0.717, 1.165) is 25.9 Å². The second-order valence-corrected chi connectivity index (χ2v) is 6.01. The molecule has 1 aliphatic rings. The molecule has 1 saturated heterocycles. The Morgan fingerprint density at radius 3 is 2.74 bits per heavy atom. The fourth-order valence-electron chi connectivity index (χ4n) is 2.37. The number of benzene rings is 1. The van der Waals surface area contributed by atoms with Crippen LogP contribution in [0.15, 0.2) is 18.2 Å². The summed E-state index contributed by atoms with van der Waals surface area (Å²) < 4.78 is 0. The van der Waals surface area contributed by atoms with Crippen molar-refractivity contribution < 1.29 is 5.11 Å². The lowest BCUT2D eigenvalue weighted by atomic mass is 10.0. The maximum atomic E-state index is 10.2. The predicted molar refractivity (Wildman–Crippen MR) is 79.9 cm³/mol. The number of aliphatic hydroxyl groups is 1. The van der Waals surface area contributed by atoms with Crippen LogP contribution >= 0.6 is 23.2 Å². The van der Waals surface area contributed by atoms with Crippen LogP contribution in [0.1, 0.15) is 24.5 Å². The van der Waals surface area contributed by atoms with Crippen molar-refractivity contribution in [3.63, 3.8) is 0 Å². The number of rotatable bonds is 4.